The summed E-state index contributed by atoms with van der Waals surface area (Å²) in [6.45, 7) is 2.13. The van der Waals surface area contributed by atoms with Crippen molar-refractivity contribution >= 4 is 11.0 Å². The van der Waals surface area contributed by atoms with Gasteiger partial charge in [0.15, 0.2) is 0 Å². The summed E-state index contributed by atoms with van der Waals surface area (Å²) in [5.41, 5.74) is 3.28. The SMILES string of the molecule is CCc1cc(CC(NC)c2cc3ccccc3o2)n(C)n1. The summed E-state index contributed by atoms with van der Waals surface area (Å²) in [4.78, 5) is 0. The molecule has 2 heterocycles. The molecule has 0 aliphatic carbocycles. The van der Waals surface area contributed by atoms with E-state index in [1.54, 1.807) is 0 Å². The molecule has 1 N–H and O–H groups in total. The fraction of sp³-hybridized carbons (Fsp3) is 0.353. The monoisotopic (exact) mass is 283 g/mol. The van der Waals surface area contributed by atoms with E-state index >= 15 is 0 Å². The summed E-state index contributed by atoms with van der Waals surface area (Å²) in [6.07, 6.45) is 1.82. The van der Waals surface area contributed by atoms with Gasteiger partial charge in [0.2, 0.25) is 0 Å². The van der Waals surface area contributed by atoms with E-state index in [0.29, 0.717) is 0 Å². The molecule has 4 heteroatoms. The number of furan rings is 1. The van der Waals surface area contributed by atoms with Crippen molar-refractivity contribution in [3.05, 3.63) is 53.5 Å². The number of likely N-dealkylation sites (N-methyl/N-ethyl adjacent to an activating group) is 1. The van der Waals surface area contributed by atoms with Crippen molar-refractivity contribution in [1.29, 1.82) is 0 Å². The number of hydrogen-bond donors (Lipinski definition) is 1. The molecular weight excluding hydrogens is 262 g/mol. The second-order valence-corrected chi connectivity index (χ2v) is 5.34. The van der Waals surface area contributed by atoms with Gasteiger partial charge in [0, 0.05) is 24.5 Å². The second kappa shape index (κ2) is 5.74. The lowest BCUT2D eigenvalue weighted by Gasteiger charge is -2.13. The maximum Gasteiger partial charge on any atom is 0.134 e. The molecule has 0 radical (unpaired) electrons. The molecule has 0 saturated heterocycles. The lowest BCUT2D eigenvalue weighted by molar-refractivity contribution is 0.443. The summed E-state index contributed by atoms with van der Waals surface area (Å²) in [5, 5.41) is 9.00. The molecule has 0 spiro atoms. The van der Waals surface area contributed by atoms with Crippen LogP contribution < -0.4 is 5.32 Å². The average molecular weight is 283 g/mol. The van der Waals surface area contributed by atoms with Crippen LogP contribution in [0.4, 0.5) is 0 Å². The minimum atomic E-state index is 0.150. The molecule has 110 valence electrons. The summed E-state index contributed by atoms with van der Waals surface area (Å²) >= 11 is 0. The lowest BCUT2D eigenvalue weighted by Crippen LogP contribution is -2.19. The third kappa shape index (κ3) is 2.72. The summed E-state index contributed by atoms with van der Waals surface area (Å²) in [6, 6.07) is 12.6. The van der Waals surface area contributed by atoms with Crippen molar-refractivity contribution in [3.8, 4) is 0 Å². The average Bonchev–Trinajstić information content (AvgIpc) is 3.07. The Morgan fingerprint density at radius 1 is 1.29 bits per heavy atom. The van der Waals surface area contributed by atoms with Crippen LogP contribution >= 0.6 is 0 Å². The van der Waals surface area contributed by atoms with E-state index < -0.39 is 0 Å². The van der Waals surface area contributed by atoms with E-state index in [1.807, 2.05) is 37.0 Å². The highest BCUT2D eigenvalue weighted by Gasteiger charge is 2.17. The topological polar surface area (TPSA) is 43.0 Å². The van der Waals surface area contributed by atoms with Crippen molar-refractivity contribution in [3.63, 3.8) is 0 Å². The van der Waals surface area contributed by atoms with Crippen LogP contribution in [-0.4, -0.2) is 16.8 Å². The van der Waals surface area contributed by atoms with Crippen molar-refractivity contribution in [2.24, 2.45) is 7.05 Å². The van der Waals surface area contributed by atoms with E-state index in [1.165, 1.54) is 5.69 Å². The van der Waals surface area contributed by atoms with E-state index in [-0.39, 0.29) is 6.04 Å². The molecule has 2 aromatic heterocycles. The normalized spacial score (nSPS) is 12.9. The van der Waals surface area contributed by atoms with Gasteiger partial charge in [-0.1, -0.05) is 25.1 Å². The number of nitrogens with one attached hydrogen (secondary N) is 1. The summed E-state index contributed by atoms with van der Waals surface area (Å²) in [7, 11) is 3.97. The number of benzene rings is 1. The molecule has 0 amide bonds. The van der Waals surface area contributed by atoms with Crippen LogP contribution in [0, 0.1) is 0 Å². The molecule has 1 aromatic carbocycles. The third-order valence-electron chi connectivity index (χ3n) is 3.94. The molecule has 0 fully saturated rings. The summed E-state index contributed by atoms with van der Waals surface area (Å²) < 4.78 is 7.94. The Hall–Kier alpha value is -2.07. The maximum atomic E-state index is 5.97. The quantitative estimate of drug-likeness (QED) is 0.781. The van der Waals surface area contributed by atoms with Crippen LogP contribution in [0.25, 0.3) is 11.0 Å². The van der Waals surface area contributed by atoms with Crippen LogP contribution in [0.2, 0.25) is 0 Å². The Bertz CT molecular complexity index is 708. The van der Waals surface area contributed by atoms with Crippen LogP contribution in [0.3, 0.4) is 0 Å². The largest absolute Gasteiger partial charge is 0.459 e. The number of rotatable bonds is 5. The second-order valence-electron chi connectivity index (χ2n) is 5.34. The van der Waals surface area contributed by atoms with Crippen LogP contribution in [-0.2, 0) is 19.9 Å². The highest BCUT2D eigenvalue weighted by Crippen LogP contribution is 2.26. The minimum Gasteiger partial charge on any atom is -0.459 e. The first kappa shape index (κ1) is 13.9. The number of para-hydroxylation sites is 1. The Morgan fingerprint density at radius 3 is 2.76 bits per heavy atom. The molecule has 21 heavy (non-hydrogen) atoms. The predicted molar refractivity (Wildman–Crippen MR) is 84.3 cm³/mol. The molecule has 1 atom stereocenters. The molecule has 0 saturated carbocycles. The first-order valence-electron chi connectivity index (χ1n) is 7.38. The van der Waals surface area contributed by atoms with Gasteiger partial charge in [-0.25, -0.2) is 0 Å². The maximum absolute atomic E-state index is 5.97. The van der Waals surface area contributed by atoms with Crippen molar-refractivity contribution in [1.82, 2.24) is 15.1 Å². The van der Waals surface area contributed by atoms with Crippen LogP contribution in [0.5, 0.6) is 0 Å². The third-order valence-corrected chi connectivity index (χ3v) is 3.94. The molecule has 0 aliphatic rings. The zero-order chi connectivity index (χ0) is 14.8. The van der Waals surface area contributed by atoms with Gasteiger partial charge in [-0.15, -0.1) is 0 Å². The van der Waals surface area contributed by atoms with Crippen LogP contribution in [0.15, 0.2) is 40.8 Å². The predicted octanol–water partition coefficient (Wildman–Crippen LogP) is 3.23. The first-order chi connectivity index (χ1) is 10.2. The van der Waals surface area contributed by atoms with Crippen molar-refractivity contribution in [2.45, 2.75) is 25.8 Å². The lowest BCUT2D eigenvalue weighted by atomic mass is 10.1. The molecule has 3 rings (SSSR count). The zero-order valence-corrected chi connectivity index (χ0v) is 12.8. The summed E-state index contributed by atoms with van der Waals surface area (Å²) in [5.74, 6) is 0.970. The van der Waals surface area contributed by atoms with E-state index in [0.717, 1.165) is 35.3 Å². The van der Waals surface area contributed by atoms with E-state index in [9.17, 15) is 0 Å². The van der Waals surface area contributed by atoms with Gasteiger partial charge in [-0.3, -0.25) is 4.68 Å². The molecule has 3 aromatic rings. The van der Waals surface area contributed by atoms with Gasteiger partial charge in [0.1, 0.15) is 11.3 Å². The van der Waals surface area contributed by atoms with E-state index in [2.05, 4.69) is 35.5 Å². The van der Waals surface area contributed by atoms with Crippen molar-refractivity contribution in [2.75, 3.05) is 7.05 Å². The van der Waals surface area contributed by atoms with Crippen LogP contribution in [0.1, 0.15) is 30.1 Å². The highest BCUT2D eigenvalue weighted by molar-refractivity contribution is 5.77. The Morgan fingerprint density at radius 2 is 2.10 bits per heavy atom. The van der Waals surface area contributed by atoms with Crippen molar-refractivity contribution < 1.29 is 4.42 Å². The number of aromatic nitrogens is 2. The van der Waals surface area contributed by atoms with Gasteiger partial charge in [0.05, 0.1) is 11.7 Å². The molecular formula is C17H21N3O. The molecule has 0 bridgehead atoms. The standard InChI is InChI=1S/C17H21N3O/c1-4-13-10-14(20(3)19-13)11-15(18-2)17-9-12-7-5-6-8-16(12)21-17/h5-10,15,18H,4,11H2,1-3H3. The Labute approximate surface area is 124 Å². The minimum absolute atomic E-state index is 0.150. The fourth-order valence-electron chi connectivity index (χ4n) is 2.66. The highest BCUT2D eigenvalue weighted by atomic mass is 16.3. The molecule has 0 aliphatic heterocycles. The fourth-order valence-corrected chi connectivity index (χ4v) is 2.66. The zero-order valence-electron chi connectivity index (χ0n) is 12.8. The van der Waals surface area contributed by atoms with Gasteiger partial charge < -0.3 is 9.73 Å². The van der Waals surface area contributed by atoms with Gasteiger partial charge >= 0.3 is 0 Å². The van der Waals surface area contributed by atoms with Gasteiger partial charge in [-0.05, 0) is 31.7 Å². The molecule has 4 nitrogen and oxygen atoms in total. The smallest absolute Gasteiger partial charge is 0.134 e. The number of fused-ring (bicyclic) bond motifs is 1. The van der Waals surface area contributed by atoms with Gasteiger partial charge in [0.25, 0.3) is 0 Å². The Kier molecular flexibility index (Phi) is 3.80. The van der Waals surface area contributed by atoms with E-state index in [4.69, 9.17) is 4.42 Å². The van der Waals surface area contributed by atoms with Gasteiger partial charge in [-0.2, -0.15) is 5.10 Å². The number of nitrogens with zero attached hydrogens (tertiary/aromatic N) is 2. The Balaban J connectivity index is 1.88. The number of hydrogen-bond acceptors (Lipinski definition) is 3. The number of aryl methyl sites for hydroxylation is 2. The first-order valence-corrected chi connectivity index (χ1v) is 7.38. The molecule has 1 unspecified atom stereocenters.